The molecule has 0 saturated heterocycles. The first-order valence-electron chi connectivity index (χ1n) is 9.85. The van der Waals surface area contributed by atoms with E-state index in [4.69, 9.17) is 0 Å². The minimum absolute atomic E-state index is 0.171. The van der Waals surface area contributed by atoms with Crippen LogP contribution in [0.25, 0.3) is 10.9 Å². The van der Waals surface area contributed by atoms with Gasteiger partial charge in [-0.05, 0) is 73.2 Å². The molecule has 0 fully saturated rings. The highest BCUT2D eigenvalue weighted by Crippen LogP contribution is 2.26. The summed E-state index contributed by atoms with van der Waals surface area (Å²) in [5, 5.41) is 0.937. The standard InChI is InChI=1S/C25H23N3O2/c1-16-7-8-20-14-21(24(29)27-22(20)13-16)15-28(23-6-4-5-17(2)18(23)3)25(30)19-9-11-26-12-10-19/h4-14H,15H2,1-3H3,(H,27,29). The molecular weight excluding hydrogens is 374 g/mol. The van der Waals surface area contributed by atoms with Gasteiger partial charge in [0, 0.05) is 34.7 Å². The molecule has 150 valence electrons. The number of fused-ring (bicyclic) bond motifs is 1. The van der Waals surface area contributed by atoms with Crippen molar-refractivity contribution in [1.82, 2.24) is 9.97 Å². The zero-order valence-electron chi connectivity index (χ0n) is 17.3. The predicted molar refractivity (Wildman–Crippen MR) is 120 cm³/mol. The van der Waals surface area contributed by atoms with Crippen LogP contribution in [0.15, 0.2) is 71.8 Å². The Balaban J connectivity index is 1.82. The monoisotopic (exact) mass is 397 g/mol. The smallest absolute Gasteiger partial charge is 0.258 e. The number of rotatable bonds is 4. The third kappa shape index (κ3) is 3.74. The second-order valence-corrected chi connectivity index (χ2v) is 7.56. The molecule has 0 radical (unpaired) electrons. The summed E-state index contributed by atoms with van der Waals surface area (Å²) >= 11 is 0. The molecule has 1 N–H and O–H groups in total. The molecule has 5 heteroatoms. The molecule has 2 aromatic heterocycles. The number of benzene rings is 2. The van der Waals surface area contributed by atoms with Crippen molar-refractivity contribution in [1.29, 1.82) is 0 Å². The van der Waals surface area contributed by atoms with Crippen LogP contribution in [0.4, 0.5) is 5.69 Å². The van der Waals surface area contributed by atoms with E-state index in [2.05, 4.69) is 9.97 Å². The van der Waals surface area contributed by atoms with Gasteiger partial charge in [0.25, 0.3) is 11.5 Å². The molecule has 0 bridgehead atoms. The molecule has 0 aliphatic rings. The molecule has 0 spiro atoms. The second kappa shape index (κ2) is 7.95. The first-order valence-corrected chi connectivity index (χ1v) is 9.85. The molecule has 4 rings (SSSR count). The molecular formula is C25H23N3O2. The van der Waals surface area contributed by atoms with Crippen molar-refractivity contribution in [3.05, 3.63) is 105 Å². The minimum Gasteiger partial charge on any atom is -0.322 e. The number of amides is 1. The average molecular weight is 397 g/mol. The largest absolute Gasteiger partial charge is 0.322 e. The van der Waals surface area contributed by atoms with Crippen LogP contribution in [0.5, 0.6) is 0 Å². The van der Waals surface area contributed by atoms with Gasteiger partial charge in [0.15, 0.2) is 0 Å². The number of hydrogen-bond acceptors (Lipinski definition) is 3. The van der Waals surface area contributed by atoms with Crippen molar-refractivity contribution in [3.8, 4) is 0 Å². The molecule has 30 heavy (non-hydrogen) atoms. The Morgan fingerprint density at radius 2 is 1.77 bits per heavy atom. The van der Waals surface area contributed by atoms with Crippen LogP contribution >= 0.6 is 0 Å². The Hall–Kier alpha value is -3.73. The van der Waals surface area contributed by atoms with Crippen molar-refractivity contribution in [2.45, 2.75) is 27.3 Å². The third-order valence-corrected chi connectivity index (χ3v) is 5.45. The molecule has 0 atom stereocenters. The summed E-state index contributed by atoms with van der Waals surface area (Å²) in [6.07, 6.45) is 3.19. The Morgan fingerprint density at radius 1 is 1.00 bits per heavy atom. The van der Waals surface area contributed by atoms with Gasteiger partial charge in [0.1, 0.15) is 0 Å². The first-order chi connectivity index (χ1) is 14.4. The lowest BCUT2D eigenvalue weighted by molar-refractivity contribution is 0.0985. The van der Waals surface area contributed by atoms with Gasteiger partial charge in [0.05, 0.1) is 6.54 Å². The number of anilines is 1. The molecule has 1 amide bonds. The van der Waals surface area contributed by atoms with Crippen LogP contribution < -0.4 is 10.5 Å². The maximum atomic E-state index is 13.4. The summed E-state index contributed by atoms with van der Waals surface area (Å²) in [5.41, 5.74) is 5.63. The van der Waals surface area contributed by atoms with Gasteiger partial charge in [-0.3, -0.25) is 14.6 Å². The summed E-state index contributed by atoms with van der Waals surface area (Å²) < 4.78 is 0. The number of pyridine rings is 2. The van der Waals surface area contributed by atoms with E-state index in [0.717, 1.165) is 33.3 Å². The van der Waals surface area contributed by atoms with E-state index in [1.54, 1.807) is 29.4 Å². The summed E-state index contributed by atoms with van der Waals surface area (Å²) in [6.45, 7) is 6.16. The van der Waals surface area contributed by atoms with Gasteiger partial charge < -0.3 is 9.88 Å². The predicted octanol–water partition coefficient (Wildman–Crippen LogP) is 4.70. The Bertz CT molecular complexity index is 1290. The van der Waals surface area contributed by atoms with E-state index in [0.29, 0.717) is 11.1 Å². The van der Waals surface area contributed by atoms with Crippen LogP contribution in [0.3, 0.4) is 0 Å². The Labute approximate surface area is 175 Å². The fraction of sp³-hybridized carbons (Fsp3) is 0.160. The van der Waals surface area contributed by atoms with Crippen LogP contribution in [0, 0.1) is 20.8 Å². The molecule has 5 nitrogen and oxygen atoms in total. The third-order valence-electron chi connectivity index (χ3n) is 5.45. The number of aromatic amines is 1. The van der Waals surface area contributed by atoms with E-state index in [-0.39, 0.29) is 18.0 Å². The first kappa shape index (κ1) is 19.6. The molecule has 0 aliphatic heterocycles. The molecule has 0 unspecified atom stereocenters. The number of nitrogens with zero attached hydrogens (tertiary/aromatic N) is 2. The molecule has 4 aromatic rings. The number of aryl methyl sites for hydroxylation is 2. The maximum absolute atomic E-state index is 13.4. The average Bonchev–Trinajstić information content (AvgIpc) is 2.75. The highest BCUT2D eigenvalue weighted by atomic mass is 16.2. The van der Waals surface area contributed by atoms with Crippen molar-refractivity contribution in [2.75, 3.05) is 4.90 Å². The van der Waals surface area contributed by atoms with Crippen LogP contribution in [-0.4, -0.2) is 15.9 Å². The highest BCUT2D eigenvalue weighted by molar-refractivity contribution is 6.06. The summed E-state index contributed by atoms with van der Waals surface area (Å²) in [5.74, 6) is -0.172. The zero-order chi connectivity index (χ0) is 21.3. The minimum atomic E-state index is -0.189. The lowest BCUT2D eigenvalue weighted by Crippen LogP contribution is -2.33. The van der Waals surface area contributed by atoms with Crippen molar-refractivity contribution >= 4 is 22.5 Å². The number of hydrogen-bond donors (Lipinski definition) is 1. The van der Waals surface area contributed by atoms with E-state index >= 15 is 0 Å². The van der Waals surface area contributed by atoms with E-state index in [9.17, 15) is 9.59 Å². The molecule has 0 saturated carbocycles. The van der Waals surface area contributed by atoms with Crippen molar-refractivity contribution in [2.24, 2.45) is 0 Å². The Morgan fingerprint density at radius 3 is 2.53 bits per heavy atom. The summed E-state index contributed by atoms with van der Waals surface area (Å²) in [7, 11) is 0. The summed E-state index contributed by atoms with van der Waals surface area (Å²) in [4.78, 5) is 34.9. The number of H-pyrrole nitrogens is 1. The van der Waals surface area contributed by atoms with Crippen molar-refractivity contribution < 1.29 is 4.79 Å². The van der Waals surface area contributed by atoms with Crippen LogP contribution in [0.1, 0.15) is 32.6 Å². The fourth-order valence-electron chi connectivity index (χ4n) is 3.59. The van der Waals surface area contributed by atoms with Gasteiger partial charge in [-0.15, -0.1) is 0 Å². The van der Waals surface area contributed by atoms with Crippen LogP contribution in [0.2, 0.25) is 0 Å². The number of nitrogens with one attached hydrogen (secondary N) is 1. The molecule has 2 heterocycles. The van der Waals surface area contributed by atoms with E-state index < -0.39 is 0 Å². The van der Waals surface area contributed by atoms with Gasteiger partial charge in [-0.2, -0.15) is 0 Å². The number of carbonyl (C=O) groups is 1. The topological polar surface area (TPSA) is 66.1 Å². The van der Waals surface area contributed by atoms with Gasteiger partial charge in [-0.1, -0.05) is 24.3 Å². The Kier molecular flexibility index (Phi) is 5.19. The zero-order valence-corrected chi connectivity index (χ0v) is 17.3. The lowest BCUT2D eigenvalue weighted by Gasteiger charge is -2.25. The molecule has 2 aromatic carbocycles. The quantitative estimate of drug-likeness (QED) is 0.543. The van der Waals surface area contributed by atoms with E-state index in [1.165, 1.54) is 0 Å². The number of aromatic nitrogens is 2. The maximum Gasteiger partial charge on any atom is 0.258 e. The summed E-state index contributed by atoms with van der Waals surface area (Å²) in [6, 6.07) is 17.0. The normalized spacial score (nSPS) is 10.9. The van der Waals surface area contributed by atoms with E-state index in [1.807, 2.05) is 63.2 Å². The fourth-order valence-corrected chi connectivity index (χ4v) is 3.59. The number of carbonyl (C=O) groups excluding carboxylic acids is 1. The van der Waals surface area contributed by atoms with Crippen molar-refractivity contribution in [3.63, 3.8) is 0 Å². The molecule has 0 aliphatic carbocycles. The van der Waals surface area contributed by atoms with Gasteiger partial charge in [0.2, 0.25) is 0 Å². The lowest BCUT2D eigenvalue weighted by atomic mass is 10.0. The van der Waals surface area contributed by atoms with Gasteiger partial charge in [-0.25, -0.2) is 0 Å². The second-order valence-electron chi connectivity index (χ2n) is 7.56. The van der Waals surface area contributed by atoms with Gasteiger partial charge >= 0.3 is 0 Å². The van der Waals surface area contributed by atoms with Crippen LogP contribution in [-0.2, 0) is 6.54 Å². The highest BCUT2D eigenvalue weighted by Gasteiger charge is 2.21. The SMILES string of the molecule is Cc1ccc2cc(CN(C(=O)c3ccncc3)c3cccc(C)c3C)c(=O)[nH]c2c1.